The van der Waals surface area contributed by atoms with Gasteiger partial charge >= 0.3 is 0 Å². The fourth-order valence-corrected chi connectivity index (χ4v) is 4.79. The molecule has 2 heterocycles. The van der Waals surface area contributed by atoms with Crippen molar-refractivity contribution in [2.45, 2.75) is 39.5 Å². The number of hydrogen-bond donors (Lipinski definition) is 1. The van der Waals surface area contributed by atoms with Crippen LogP contribution < -0.4 is 5.73 Å². The standard InChI is InChI=1S/C23H28N4O2/c1-15-6-4-5-7-16(15)20-17(14-24)22(25)27(26-8-10-29-11-9-26)18-12-23(2,3)13-19(28)21(18)20/h4-7,20H,8-13,25H2,1-3H3/t20-/m0/s1. The van der Waals surface area contributed by atoms with Gasteiger partial charge in [-0.2, -0.15) is 5.26 Å². The molecule has 1 aromatic carbocycles. The Bertz CT molecular complexity index is 948. The highest BCUT2D eigenvalue weighted by atomic mass is 16.5. The molecule has 1 aliphatic carbocycles. The van der Waals surface area contributed by atoms with Crippen molar-refractivity contribution in [2.24, 2.45) is 11.1 Å². The molecule has 6 heteroatoms. The monoisotopic (exact) mass is 392 g/mol. The number of nitrogens with two attached hydrogens (primary N) is 1. The molecule has 1 fully saturated rings. The van der Waals surface area contributed by atoms with Crippen molar-refractivity contribution >= 4 is 5.78 Å². The molecule has 29 heavy (non-hydrogen) atoms. The van der Waals surface area contributed by atoms with E-state index in [1.807, 2.05) is 36.2 Å². The van der Waals surface area contributed by atoms with E-state index in [9.17, 15) is 10.1 Å². The van der Waals surface area contributed by atoms with Crippen molar-refractivity contribution in [1.82, 2.24) is 10.0 Å². The zero-order chi connectivity index (χ0) is 20.8. The number of allylic oxidation sites excluding steroid dienone is 3. The van der Waals surface area contributed by atoms with E-state index in [1.54, 1.807) is 0 Å². The number of hydrogen-bond acceptors (Lipinski definition) is 6. The topological polar surface area (TPSA) is 82.6 Å². The number of Topliss-reactive ketones (excluding diaryl/α,β-unsaturated/α-hetero) is 1. The van der Waals surface area contributed by atoms with Crippen LogP contribution in [-0.2, 0) is 9.53 Å². The Morgan fingerprint density at radius 3 is 2.55 bits per heavy atom. The van der Waals surface area contributed by atoms with Gasteiger partial charge in [0.2, 0.25) is 0 Å². The second-order valence-corrected chi connectivity index (χ2v) is 8.88. The third-order valence-corrected chi connectivity index (χ3v) is 6.12. The summed E-state index contributed by atoms with van der Waals surface area (Å²) in [5.74, 6) is 0.145. The van der Waals surface area contributed by atoms with E-state index in [4.69, 9.17) is 10.5 Å². The van der Waals surface area contributed by atoms with Crippen LogP contribution in [0, 0.1) is 23.7 Å². The molecular weight excluding hydrogens is 364 g/mol. The van der Waals surface area contributed by atoms with Gasteiger partial charge in [-0.05, 0) is 29.9 Å². The van der Waals surface area contributed by atoms with E-state index in [0.29, 0.717) is 44.1 Å². The molecule has 0 radical (unpaired) electrons. The summed E-state index contributed by atoms with van der Waals surface area (Å²) in [7, 11) is 0. The predicted molar refractivity (Wildman–Crippen MR) is 110 cm³/mol. The minimum Gasteiger partial charge on any atom is -0.383 e. The van der Waals surface area contributed by atoms with E-state index >= 15 is 0 Å². The highest BCUT2D eigenvalue weighted by Gasteiger charge is 2.46. The molecule has 0 aromatic heterocycles. The molecule has 1 aromatic rings. The van der Waals surface area contributed by atoms with Crippen LogP contribution in [0.15, 0.2) is 46.9 Å². The molecule has 0 bridgehead atoms. The lowest BCUT2D eigenvalue weighted by Gasteiger charge is -2.48. The van der Waals surface area contributed by atoms with Gasteiger partial charge in [-0.15, -0.1) is 0 Å². The molecule has 152 valence electrons. The second kappa shape index (κ2) is 7.33. The first-order chi connectivity index (χ1) is 13.8. The van der Waals surface area contributed by atoms with Gasteiger partial charge in [0.15, 0.2) is 5.78 Å². The number of rotatable bonds is 2. The van der Waals surface area contributed by atoms with Crippen LogP contribution in [0.2, 0.25) is 0 Å². The number of ketones is 1. The Kier molecular flexibility index (Phi) is 4.97. The average Bonchev–Trinajstić information content (AvgIpc) is 2.67. The second-order valence-electron chi connectivity index (χ2n) is 8.88. The molecule has 2 aliphatic heterocycles. The fraction of sp³-hybridized carbons (Fsp3) is 0.478. The fourth-order valence-electron chi connectivity index (χ4n) is 4.79. The molecule has 0 spiro atoms. The van der Waals surface area contributed by atoms with Crippen LogP contribution in [0.1, 0.15) is 43.7 Å². The highest BCUT2D eigenvalue weighted by Crippen LogP contribution is 2.49. The molecular formula is C23H28N4O2. The maximum absolute atomic E-state index is 13.4. The van der Waals surface area contributed by atoms with Crippen LogP contribution in [-0.4, -0.2) is 42.1 Å². The molecule has 0 unspecified atom stereocenters. The van der Waals surface area contributed by atoms with Crippen LogP contribution in [0.4, 0.5) is 0 Å². The minimum atomic E-state index is -0.405. The van der Waals surface area contributed by atoms with E-state index in [0.717, 1.165) is 28.8 Å². The first-order valence-corrected chi connectivity index (χ1v) is 10.2. The van der Waals surface area contributed by atoms with Crippen LogP contribution >= 0.6 is 0 Å². The van der Waals surface area contributed by atoms with Gasteiger partial charge in [0.05, 0.1) is 30.8 Å². The van der Waals surface area contributed by atoms with E-state index in [2.05, 4.69) is 24.9 Å². The number of carbonyl (C=O) groups is 1. The molecule has 1 saturated heterocycles. The smallest absolute Gasteiger partial charge is 0.162 e. The van der Waals surface area contributed by atoms with Crippen LogP contribution in [0.3, 0.4) is 0 Å². The summed E-state index contributed by atoms with van der Waals surface area (Å²) in [5, 5.41) is 14.2. The third-order valence-electron chi connectivity index (χ3n) is 6.12. The lowest BCUT2D eigenvalue weighted by atomic mass is 9.68. The van der Waals surface area contributed by atoms with Crippen molar-refractivity contribution in [3.05, 3.63) is 58.1 Å². The lowest BCUT2D eigenvalue weighted by Crippen LogP contribution is -2.53. The first-order valence-electron chi connectivity index (χ1n) is 10.2. The summed E-state index contributed by atoms with van der Waals surface area (Å²) >= 11 is 0. The van der Waals surface area contributed by atoms with Gasteiger partial charge in [-0.25, -0.2) is 5.01 Å². The van der Waals surface area contributed by atoms with Crippen molar-refractivity contribution < 1.29 is 9.53 Å². The number of benzene rings is 1. The van der Waals surface area contributed by atoms with Crippen LogP contribution in [0.5, 0.6) is 0 Å². The van der Waals surface area contributed by atoms with Gasteiger partial charge in [0.1, 0.15) is 5.82 Å². The Balaban J connectivity index is 1.94. The number of nitrogens with zero attached hydrogens (tertiary/aromatic N) is 3. The summed E-state index contributed by atoms with van der Waals surface area (Å²) < 4.78 is 5.51. The average molecular weight is 393 g/mol. The van der Waals surface area contributed by atoms with Crippen molar-refractivity contribution in [3.63, 3.8) is 0 Å². The minimum absolute atomic E-state index is 0.114. The zero-order valence-corrected chi connectivity index (χ0v) is 17.4. The van der Waals surface area contributed by atoms with Gasteiger partial charge in [0, 0.05) is 30.8 Å². The third kappa shape index (κ3) is 3.35. The summed E-state index contributed by atoms with van der Waals surface area (Å²) in [6, 6.07) is 10.3. The maximum Gasteiger partial charge on any atom is 0.162 e. The van der Waals surface area contributed by atoms with Crippen molar-refractivity contribution in [3.8, 4) is 6.07 Å². The molecule has 3 aliphatic rings. The Morgan fingerprint density at radius 2 is 1.90 bits per heavy atom. The number of aryl methyl sites for hydroxylation is 1. The normalized spacial score (nSPS) is 25.1. The van der Waals surface area contributed by atoms with E-state index < -0.39 is 5.92 Å². The number of nitriles is 1. The molecule has 6 nitrogen and oxygen atoms in total. The number of carbonyl (C=O) groups excluding carboxylic acids is 1. The number of morpholine rings is 1. The van der Waals surface area contributed by atoms with E-state index in [-0.39, 0.29) is 11.2 Å². The number of ether oxygens (including phenoxy) is 1. The van der Waals surface area contributed by atoms with Gasteiger partial charge in [-0.1, -0.05) is 38.1 Å². The van der Waals surface area contributed by atoms with Gasteiger partial charge in [0.25, 0.3) is 0 Å². The first kappa shape index (κ1) is 19.7. The Morgan fingerprint density at radius 1 is 1.21 bits per heavy atom. The predicted octanol–water partition coefficient (Wildman–Crippen LogP) is 2.98. The Labute approximate surface area is 172 Å². The molecule has 0 amide bonds. The van der Waals surface area contributed by atoms with E-state index in [1.165, 1.54) is 0 Å². The summed E-state index contributed by atoms with van der Waals surface area (Å²) in [4.78, 5) is 13.4. The summed E-state index contributed by atoms with van der Waals surface area (Å²) in [5.41, 5.74) is 10.7. The summed E-state index contributed by atoms with van der Waals surface area (Å²) in [6.45, 7) is 8.83. The molecule has 1 atom stereocenters. The zero-order valence-electron chi connectivity index (χ0n) is 17.4. The largest absolute Gasteiger partial charge is 0.383 e. The van der Waals surface area contributed by atoms with Crippen molar-refractivity contribution in [2.75, 3.05) is 26.3 Å². The molecule has 4 rings (SSSR count). The number of hydrazine groups is 1. The molecule has 2 N–H and O–H groups in total. The quantitative estimate of drug-likeness (QED) is 0.833. The van der Waals surface area contributed by atoms with Gasteiger partial charge in [-0.3, -0.25) is 9.80 Å². The SMILES string of the molecule is Cc1ccccc1[C@H]1C(C#N)=C(N)N(N2CCOCC2)C2=C1C(=O)CC(C)(C)C2. The molecule has 0 saturated carbocycles. The Hall–Kier alpha value is -2.62. The summed E-state index contributed by atoms with van der Waals surface area (Å²) in [6.07, 6.45) is 1.22. The highest BCUT2D eigenvalue weighted by molar-refractivity contribution is 6.00. The van der Waals surface area contributed by atoms with Crippen LogP contribution in [0.25, 0.3) is 0 Å². The van der Waals surface area contributed by atoms with Gasteiger partial charge < -0.3 is 10.5 Å². The maximum atomic E-state index is 13.4. The lowest BCUT2D eigenvalue weighted by molar-refractivity contribution is -0.119. The van der Waals surface area contributed by atoms with Crippen molar-refractivity contribution in [1.29, 1.82) is 5.26 Å².